The van der Waals surface area contributed by atoms with Gasteiger partial charge in [-0.15, -0.1) is 0 Å². The molecule has 0 saturated heterocycles. The van der Waals surface area contributed by atoms with E-state index in [4.69, 9.17) is 9.15 Å². The van der Waals surface area contributed by atoms with Crippen LogP contribution in [-0.4, -0.2) is 39.4 Å². The number of rotatable bonds is 10. The Morgan fingerprint density at radius 1 is 1.15 bits per heavy atom. The molecule has 1 aromatic carbocycles. The first-order valence-corrected chi connectivity index (χ1v) is 8.25. The van der Waals surface area contributed by atoms with E-state index in [1.54, 1.807) is 31.6 Å². The van der Waals surface area contributed by atoms with Gasteiger partial charge in [-0.2, -0.15) is 8.78 Å². The number of methoxy groups -OCH3 is 1. The number of hydrogen-bond donors (Lipinski definition) is 2. The summed E-state index contributed by atoms with van der Waals surface area (Å²) in [4.78, 5) is 4.44. The van der Waals surface area contributed by atoms with Gasteiger partial charge in [0.05, 0.1) is 19.4 Å². The van der Waals surface area contributed by atoms with Crippen LogP contribution in [0.1, 0.15) is 11.3 Å². The molecule has 0 bridgehead atoms. The van der Waals surface area contributed by atoms with Crippen molar-refractivity contribution in [3.63, 3.8) is 0 Å². The van der Waals surface area contributed by atoms with Gasteiger partial charge in [0.15, 0.2) is 5.96 Å². The van der Waals surface area contributed by atoms with E-state index in [1.807, 2.05) is 12.1 Å². The third-order valence-corrected chi connectivity index (χ3v) is 3.44. The van der Waals surface area contributed by atoms with E-state index < -0.39 is 6.61 Å². The van der Waals surface area contributed by atoms with Crippen LogP contribution in [0, 0.1) is 0 Å². The minimum Gasteiger partial charge on any atom is -0.469 e. The number of furan rings is 1. The molecule has 2 rings (SSSR count). The lowest BCUT2D eigenvalue weighted by Crippen LogP contribution is -2.40. The number of halogens is 2. The van der Waals surface area contributed by atoms with Gasteiger partial charge in [0.25, 0.3) is 0 Å². The lowest BCUT2D eigenvalue weighted by Gasteiger charge is -2.13. The summed E-state index contributed by atoms with van der Waals surface area (Å²) in [6, 6.07) is 10.3. The van der Waals surface area contributed by atoms with E-state index >= 15 is 0 Å². The van der Waals surface area contributed by atoms with Gasteiger partial charge in [-0.05, 0) is 18.2 Å². The molecular weight excluding hydrogens is 344 g/mol. The first-order chi connectivity index (χ1) is 12.7. The second kappa shape index (κ2) is 11.1. The van der Waals surface area contributed by atoms with Gasteiger partial charge in [0, 0.05) is 32.2 Å². The Kier molecular flexibility index (Phi) is 8.41. The van der Waals surface area contributed by atoms with Crippen LogP contribution in [-0.2, 0) is 17.7 Å². The fraction of sp³-hybridized carbons (Fsp3) is 0.389. The van der Waals surface area contributed by atoms with Crippen LogP contribution in [0.15, 0.2) is 52.1 Å². The highest BCUT2D eigenvalue weighted by molar-refractivity contribution is 5.79. The highest BCUT2D eigenvalue weighted by Crippen LogP contribution is 2.20. The zero-order valence-electron chi connectivity index (χ0n) is 14.6. The summed E-state index contributed by atoms with van der Waals surface area (Å²) in [5.41, 5.74) is 0.576. The van der Waals surface area contributed by atoms with E-state index in [9.17, 15) is 8.78 Å². The number of hydrogen-bond acceptors (Lipinski definition) is 4. The second-order valence-electron chi connectivity index (χ2n) is 5.33. The van der Waals surface area contributed by atoms with Crippen LogP contribution in [0.5, 0.6) is 5.75 Å². The predicted molar refractivity (Wildman–Crippen MR) is 94.5 cm³/mol. The Balaban J connectivity index is 1.96. The Bertz CT molecular complexity index is 663. The maximum absolute atomic E-state index is 12.5. The monoisotopic (exact) mass is 367 g/mol. The minimum absolute atomic E-state index is 0.123. The molecular formula is C18H23F2N3O3. The molecule has 142 valence electrons. The van der Waals surface area contributed by atoms with Gasteiger partial charge in [-0.1, -0.05) is 18.2 Å². The summed E-state index contributed by atoms with van der Waals surface area (Å²) in [5.74, 6) is 1.54. The highest BCUT2D eigenvalue weighted by atomic mass is 19.3. The molecule has 2 aromatic rings. The van der Waals surface area contributed by atoms with Gasteiger partial charge in [0.1, 0.15) is 11.5 Å². The van der Waals surface area contributed by atoms with Crippen molar-refractivity contribution in [2.24, 2.45) is 4.99 Å². The first kappa shape index (κ1) is 19.7. The molecule has 8 heteroatoms. The Hall–Kier alpha value is -2.61. The summed E-state index contributed by atoms with van der Waals surface area (Å²) in [5, 5.41) is 6.31. The van der Waals surface area contributed by atoms with Crippen molar-refractivity contribution in [1.82, 2.24) is 10.6 Å². The van der Waals surface area contributed by atoms with Crippen LogP contribution < -0.4 is 15.4 Å². The van der Waals surface area contributed by atoms with Crippen molar-refractivity contribution in [3.05, 3.63) is 54.0 Å². The van der Waals surface area contributed by atoms with Gasteiger partial charge >= 0.3 is 6.61 Å². The van der Waals surface area contributed by atoms with Crippen molar-refractivity contribution in [2.45, 2.75) is 19.6 Å². The lowest BCUT2D eigenvalue weighted by atomic mass is 10.2. The number of para-hydroxylation sites is 1. The van der Waals surface area contributed by atoms with Crippen LogP contribution in [0.3, 0.4) is 0 Å². The summed E-state index contributed by atoms with van der Waals surface area (Å²) in [6.07, 6.45) is 2.32. The molecule has 0 fully saturated rings. The number of nitrogens with zero attached hydrogens (tertiary/aromatic N) is 1. The molecule has 26 heavy (non-hydrogen) atoms. The fourth-order valence-electron chi connectivity index (χ4n) is 2.21. The maximum atomic E-state index is 12.5. The smallest absolute Gasteiger partial charge is 0.387 e. The lowest BCUT2D eigenvalue weighted by molar-refractivity contribution is -0.0504. The number of benzene rings is 1. The standard InChI is InChI=1S/C18H23F2N3O3/c1-24-12-10-22-18(21-9-8-15-6-4-11-25-15)23-13-14-5-2-3-7-16(14)26-17(19)20/h2-7,11,17H,8-10,12-13H2,1H3,(H2,21,22,23). The highest BCUT2D eigenvalue weighted by Gasteiger charge is 2.09. The summed E-state index contributed by atoms with van der Waals surface area (Å²) >= 11 is 0. The summed E-state index contributed by atoms with van der Waals surface area (Å²) in [7, 11) is 1.61. The largest absolute Gasteiger partial charge is 0.469 e. The Morgan fingerprint density at radius 3 is 2.69 bits per heavy atom. The average Bonchev–Trinajstić information content (AvgIpc) is 3.13. The summed E-state index contributed by atoms with van der Waals surface area (Å²) in [6.45, 7) is -0.971. The number of aliphatic imine (C=N–C) groups is 1. The van der Waals surface area contributed by atoms with Crippen molar-refractivity contribution < 1.29 is 22.7 Å². The average molecular weight is 367 g/mol. The zero-order chi connectivity index (χ0) is 18.6. The van der Waals surface area contributed by atoms with E-state index in [1.165, 1.54) is 6.07 Å². The molecule has 1 aromatic heterocycles. The van der Waals surface area contributed by atoms with Crippen LogP contribution >= 0.6 is 0 Å². The summed E-state index contributed by atoms with van der Waals surface area (Å²) < 4.78 is 39.8. The van der Waals surface area contributed by atoms with Gasteiger partial charge in [0.2, 0.25) is 0 Å². The molecule has 0 atom stereocenters. The normalized spacial score (nSPS) is 11.6. The van der Waals surface area contributed by atoms with Crippen molar-refractivity contribution >= 4 is 5.96 Å². The van der Waals surface area contributed by atoms with Crippen molar-refractivity contribution in [1.29, 1.82) is 0 Å². The number of ether oxygens (including phenoxy) is 2. The van der Waals surface area contributed by atoms with Crippen LogP contribution in [0.25, 0.3) is 0 Å². The Labute approximate surface area is 151 Å². The molecule has 0 aliphatic carbocycles. The second-order valence-corrected chi connectivity index (χ2v) is 5.33. The number of alkyl halides is 2. The zero-order valence-corrected chi connectivity index (χ0v) is 14.6. The van der Waals surface area contributed by atoms with E-state index in [2.05, 4.69) is 20.4 Å². The van der Waals surface area contributed by atoms with Crippen molar-refractivity contribution in [3.8, 4) is 5.75 Å². The fourth-order valence-corrected chi connectivity index (χ4v) is 2.21. The minimum atomic E-state index is -2.87. The SMILES string of the molecule is COCCNC(=NCc1ccccc1OC(F)F)NCCc1ccco1. The molecule has 0 unspecified atom stereocenters. The molecule has 0 saturated carbocycles. The quantitative estimate of drug-likeness (QED) is 0.384. The topological polar surface area (TPSA) is 68.0 Å². The predicted octanol–water partition coefficient (Wildman–Crippen LogP) is 2.81. The van der Waals surface area contributed by atoms with Gasteiger partial charge in [-0.25, -0.2) is 4.99 Å². The van der Waals surface area contributed by atoms with Crippen LogP contribution in [0.2, 0.25) is 0 Å². The molecule has 0 aliphatic rings. The van der Waals surface area contributed by atoms with Crippen molar-refractivity contribution in [2.75, 3.05) is 26.8 Å². The molecule has 6 nitrogen and oxygen atoms in total. The third-order valence-electron chi connectivity index (χ3n) is 3.44. The maximum Gasteiger partial charge on any atom is 0.387 e. The van der Waals surface area contributed by atoms with E-state index in [0.29, 0.717) is 37.6 Å². The van der Waals surface area contributed by atoms with Gasteiger partial charge in [-0.3, -0.25) is 0 Å². The molecule has 2 N–H and O–H groups in total. The first-order valence-electron chi connectivity index (χ1n) is 8.25. The van der Waals surface area contributed by atoms with Gasteiger partial charge < -0.3 is 24.5 Å². The molecule has 0 radical (unpaired) electrons. The van der Waals surface area contributed by atoms with E-state index in [-0.39, 0.29) is 12.3 Å². The van der Waals surface area contributed by atoms with E-state index in [0.717, 1.165) is 5.76 Å². The third kappa shape index (κ3) is 7.10. The van der Waals surface area contributed by atoms with Crippen LogP contribution in [0.4, 0.5) is 8.78 Å². The molecule has 0 spiro atoms. The molecule has 0 amide bonds. The molecule has 0 aliphatic heterocycles. The number of nitrogens with one attached hydrogen (secondary N) is 2. The number of guanidine groups is 1. The molecule has 1 heterocycles. The Morgan fingerprint density at radius 2 is 1.96 bits per heavy atom.